The molecular formula is C23H22FN3O4S. The Balaban J connectivity index is 1.81. The van der Waals surface area contributed by atoms with Crippen molar-refractivity contribution in [1.82, 2.24) is 0 Å². The third-order valence-corrected chi connectivity index (χ3v) is 6.07. The van der Waals surface area contributed by atoms with Crippen LogP contribution in [-0.2, 0) is 14.8 Å². The van der Waals surface area contributed by atoms with Crippen LogP contribution in [0.25, 0.3) is 0 Å². The predicted molar refractivity (Wildman–Crippen MR) is 122 cm³/mol. The number of anilines is 3. The second-order valence-electron chi connectivity index (χ2n) is 7.29. The number of hydrogen-bond donors (Lipinski definition) is 3. The van der Waals surface area contributed by atoms with Crippen molar-refractivity contribution < 1.29 is 22.4 Å². The van der Waals surface area contributed by atoms with Gasteiger partial charge in [0.15, 0.2) is 0 Å². The fourth-order valence-electron chi connectivity index (χ4n) is 3.02. The lowest BCUT2D eigenvalue weighted by molar-refractivity contribution is -0.114. The number of halogens is 1. The van der Waals surface area contributed by atoms with Crippen molar-refractivity contribution in [1.29, 1.82) is 0 Å². The average Bonchev–Trinajstić information content (AvgIpc) is 2.71. The normalized spacial score (nSPS) is 11.0. The van der Waals surface area contributed by atoms with Gasteiger partial charge in [0.2, 0.25) is 5.91 Å². The molecule has 3 N–H and O–H groups in total. The molecule has 0 saturated heterocycles. The molecule has 7 nitrogen and oxygen atoms in total. The molecule has 0 aliphatic heterocycles. The van der Waals surface area contributed by atoms with Crippen molar-refractivity contribution in [3.63, 3.8) is 0 Å². The summed E-state index contributed by atoms with van der Waals surface area (Å²) in [7, 11) is -3.85. The maximum atomic E-state index is 13.8. The first kappa shape index (κ1) is 23.0. The minimum Gasteiger partial charge on any atom is -0.324 e. The van der Waals surface area contributed by atoms with Gasteiger partial charge in [-0.3, -0.25) is 14.3 Å². The molecule has 0 aliphatic carbocycles. The van der Waals surface area contributed by atoms with Gasteiger partial charge >= 0.3 is 0 Å². The Morgan fingerprint density at radius 1 is 0.875 bits per heavy atom. The molecule has 0 radical (unpaired) electrons. The molecule has 32 heavy (non-hydrogen) atoms. The number of sulfonamides is 1. The number of hydrogen-bond acceptors (Lipinski definition) is 4. The second kappa shape index (κ2) is 9.19. The molecule has 0 aromatic heterocycles. The highest BCUT2D eigenvalue weighted by molar-refractivity contribution is 7.92. The molecule has 0 heterocycles. The molecule has 0 bridgehead atoms. The molecular weight excluding hydrogens is 433 g/mol. The Morgan fingerprint density at radius 2 is 1.62 bits per heavy atom. The summed E-state index contributed by atoms with van der Waals surface area (Å²) >= 11 is 0. The number of carbonyl (C=O) groups is 2. The van der Waals surface area contributed by atoms with Gasteiger partial charge in [-0.2, -0.15) is 0 Å². The summed E-state index contributed by atoms with van der Waals surface area (Å²) in [6, 6.07) is 14.9. The Bertz CT molecular complexity index is 1310. The van der Waals surface area contributed by atoms with Crippen LogP contribution in [0, 0.1) is 19.7 Å². The SMILES string of the molecule is CC(=O)Nc1cc(NC(=O)c2cccc(NS(=O)(=O)c3cc(C)ccc3C)c2)ccc1F. The van der Waals surface area contributed by atoms with Crippen LogP contribution in [0.1, 0.15) is 28.4 Å². The van der Waals surface area contributed by atoms with E-state index in [1.54, 1.807) is 32.0 Å². The average molecular weight is 456 g/mol. The Morgan fingerprint density at radius 3 is 2.34 bits per heavy atom. The van der Waals surface area contributed by atoms with E-state index in [-0.39, 0.29) is 27.5 Å². The fraction of sp³-hybridized carbons (Fsp3) is 0.130. The molecule has 9 heteroatoms. The molecule has 3 rings (SSSR count). The number of aryl methyl sites for hydroxylation is 2. The molecule has 2 amide bonds. The molecule has 0 spiro atoms. The maximum absolute atomic E-state index is 13.8. The Hall–Kier alpha value is -3.72. The molecule has 0 atom stereocenters. The van der Waals surface area contributed by atoms with E-state index in [2.05, 4.69) is 15.4 Å². The summed E-state index contributed by atoms with van der Waals surface area (Å²) in [6.45, 7) is 4.75. The van der Waals surface area contributed by atoms with E-state index in [1.807, 2.05) is 6.07 Å². The molecule has 0 saturated carbocycles. The first-order valence-corrected chi connectivity index (χ1v) is 11.1. The van der Waals surface area contributed by atoms with Gasteiger partial charge in [0, 0.05) is 23.9 Å². The van der Waals surface area contributed by atoms with Crippen LogP contribution in [0.2, 0.25) is 0 Å². The highest BCUT2D eigenvalue weighted by Crippen LogP contribution is 2.23. The molecule has 0 unspecified atom stereocenters. The van der Waals surface area contributed by atoms with Crippen LogP contribution in [-0.4, -0.2) is 20.2 Å². The zero-order chi connectivity index (χ0) is 23.5. The molecule has 3 aromatic rings. The van der Waals surface area contributed by atoms with Crippen molar-refractivity contribution in [2.45, 2.75) is 25.7 Å². The van der Waals surface area contributed by atoms with Crippen LogP contribution in [0.4, 0.5) is 21.5 Å². The minimum absolute atomic E-state index is 0.0645. The third kappa shape index (κ3) is 5.50. The lowest BCUT2D eigenvalue weighted by Gasteiger charge is -2.12. The zero-order valence-corrected chi connectivity index (χ0v) is 18.5. The number of carbonyl (C=O) groups excluding carboxylic acids is 2. The Labute approximate surface area is 185 Å². The number of rotatable bonds is 6. The summed E-state index contributed by atoms with van der Waals surface area (Å²) in [5.74, 6) is -1.62. The third-order valence-electron chi connectivity index (χ3n) is 4.55. The largest absolute Gasteiger partial charge is 0.324 e. The standard InChI is InChI=1S/C23H22FN3O4S/c1-14-7-8-15(2)22(11-14)32(30,31)27-19-6-4-5-17(12-19)23(29)26-18-9-10-20(24)21(13-18)25-16(3)28/h4-13,27H,1-3H3,(H,25,28)(H,26,29). The summed E-state index contributed by atoms with van der Waals surface area (Å²) in [4.78, 5) is 24.0. The second-order valence-corrected chi connectivity index (χ2v) is 8.94. The van der Waals surface area contributed by atoms with Gasteiger partial charge in [0.25, 0.3) is 15.9 Å². The van der Waals surface area contributed by atoms with Crippen LogP contribution in [0.3, 0.4) is 0 Å². The molecule has 166 valence electrons. The van der Waals surface area contributed by atoms with Gasteiger partial charge in [-0.15, -0.1) is 0 Å². The smallest absolute Gasteiger partial charge is 0.262 e. The zero-order valence-electron chi connectivity index (χ0n) is 17.7. The van der Waals surface area contributed by atoms with Crippen molar-refractivity contribution in [2.24, 2.45) is 0 Å². The monoisotopic (exact) mass is 455 g/mol. The van der Waals surface area contributed by atoms with E-state index in [9.17, 15) is 22.4 Å². The lowest BCUT2D eigenvalue weighted by atomic mass is 10.2. The van der Waals surface area contributed by atoms with E-state index in [4.69, 9.17) is 0 Å². The van der Waals surface area contributed by atoms with Crippen molar-refractivity contribution in [3.05, 3.63) is 83.2 Å². The number of amides is 2. The minimum atomic E-state index is -3.85. The summed E-state index contributed by atoms with van der Waals surface area (Å²) < 4.78 is 41.9. The van der Waals surface area contributed by atoms with Crippen molar-refractivity contribution in [3.8, 4) is 0 Å². The lowest BCUT2D eigenvalue weighted by Crippen LogP contribution is -2.16. The van der Waals surface area contributed by atoms with E-state index in [0.717, 1.165) is 11.6 Å². The fourth-order valence-corrected chi connectivity index (χ4v) is 4.40. The highest BCUT2D eigenvalue weighted by atomic mass is 32.2. The molecule has 3 aromatic carbocycles. The van der Waals surface area contributed by atoms with Crippen LogP contribution < -0.4 is 15.4 Å². The van der Waals surface area contributed by atoms with E-state index < -0.39 is 27.7 Å². The van der Waals surface area contributed by atoms with Gasteiger partial charge in [-0.1, -0.05) is 18.2 Å². The van der Waals surface area contributed by atoms with Gasteiger partial charge in [0.05, 0.1) is 10.6 Å². The van der Waals surface area contributed by atoms with E-state index >= 15 is 0 Å². The number of nitrogens with one attached hydrogen (secondary N) is 3. The summed E-state index contributed by atoms with van der Waals surface area (Å²) in [6.07, 6.45) is 0. The molecule has 0 fully saturated rings. The van der Waals surface area contributed by atoms with E-state index in [1.165, 1.54) is 37.3 Å². The molecule has 0 aliphatic rings. The van der Waals surface area contributed by atoms with Gasteiger partial charge in [0.1, 0.15) is 5.82 Å². The maximum Gasteiger partial charge on any atom is 0.262 e. The number of benzene rings is 3. The van der Waals surface area contributed by atoms with Gasteiger partial charge in [-0.05, 0) is 67.4 Å². The first-order valence-electron chi connectivity index (χ1n) is 9.64. The summed E-state index contributed by atoms with van der Waals surface area (Å²) in [5, 5.41) is 4.95. The predicted octanol–water partition coefficient (Wildman–Crippen LogP) is 4.45. The topological polar surface area (TPSA) is 104 Å². The summed E-state index contributed by atoms with van der Waals surface area (Å²) in [5.41, 5.74) is 2.02. The van der Waals surface area contributed by atoms with Crippen molar-refractivity contribution >= 4 is 38.9 Å². The van der Waals surface area contributed by atoms with Crippen molar-refractivity contribution in [2.75, 3.05) is 15.4 Å². The van der Waals surface area contributed by atoms with E-state index in [0.29, 0.717) is 5.56 Å². The first-order chi connectivity index (χ1) is 15.0. The van der Waals surface area contributed by atoms with Crippen LogP contribution >= 0.6 is 0 Å². The van der Waals surface area contributed by atoms with Gasteiger partial charge < -0.3 is 10.6 Å². The quantitative estimate of drug-likeness (QED) is 0.511. The van der Waals surface area contributed by atoms with Gasteiger partial charge in [-0.25, -0.2) is 12.8 Å². The van der Waals surface area contributed by atoms with Crippen LogP contribution in [0.5, 0.6) is 0 Å². The Kier molecular flexibility index (Phi) is 6.59. The highest BCUT2D eigenvalue weighted by Gasteiger charge is 2.18. The van der Waals surface area contributed by atoms with Crippen LogP contribution in [0.15, 0.2) is 65.6 Å².